The molecule has 1 unspecified atom stereocenters. The summed E-state index contributed by atoms with van der Waals surface area (Å²) in [5.74, 6) is 0. The summed E-state index contributed by atoms with van der Waals surface area (Å²) in [6, 6.07) is 0. The number of aliphatic hydroxyl groups is 1. The van der Waals surface area contributed by atoms with Crippen molar-refractivity contribution in [3.8, 4) is 0 Å². The van der Waals surface area contributed by atoms with E-state index in [2.05, 4.69) is 5.32 Å². The van der Waals surface area contributed by atoms with E-state index in [1.54, 1.807) is 0 Å². The molecule has 2 N–H and O–H groups in total. The summed E-state index contributed by atoms with van der Waals surface area (Å²) in [6.07, 6.45) is 1.19. The van der Waals surface area contributed by atoms with Crippen molar-refractivity contribution in [2.75, 3.05) is 39.5 Å². The molecule has 4 heteroatoms. The second kappa shape index (κ2) is 6.37. The summed E-state index contributed by atoms with van der Waals surface area (Å²) in [5, 5.41) is 11.7. The Kier molecular flexibility index (Phi) is 5.27. The Morgan fingerprint density at radius 2 is 2.42 bits per heavy atom. The summed E-state index contributed by atoms with van der Waals surface area (Å²) < 4.78 is 10.7. The molecule has 0 spiro atoms. The number of aliphatic hydroxyl groups excluding tert-OH is 1. The summed E-state index contributed by atoms with van der Waals surface area (Å²) in [7, 11) is 0. The molecule has 0 amide bonds. The Balaban J connectivity index is 2.04. The van der Waals surface area contributed by atoms with Gasteiger partial charge in [-0.25, -0.2) is 0 Å². The van der Waals surface area contributed by atoms with E-state index >= 15 is 0 Å². The maximum absolute atomic E-state index is 8.47. The largest absolute Gasteiger partial charge is 0.394 e. The van der Waals surface area contributed by atoms with E-state index < -0.39 is 0 Å². The Labute approximate surface area is 72.9 Å². The van der Waals surface area contributed by atoms with Crippen molar-refractivity contribution < 1.29 is 14.6 Å². The Morgan fingerprint density at radius 1 is 1.50 bits per heavy atom. The average molecular weight is 175 g/mol. The van der Waals surface area contributed by atoms with Gasteiger partial charge in [0.1, 0.15) is 0 Å². The number of hydrogen-bond donors (Lipinski definition) is 2. The molecule has 0 aromatic heterocycles. The molecular formula is C8H17NO3. The minimum atomic E-state index is 0.0883. The number of ether oxygens (including phenoxy) is 2. The van der Waals surface area contributed by atoms with Gasteiger partial charge in [0, 0.05) is 6.54 Å². The number of rotatable bonds is 4. The quantitative estimate of drug-likeness (QED) is 0.559. The lowest BCUT2D eigenvalue weighted by atomic mass is 10.3. The summed E-state index contributed by atoms with van der Waals surface area (Å²) in [4.78, 5) is 0. The van der Waals surface area contributed by atoms with Crippen LogP contribution in [0.15, 0.2) is 0 Å². The third-order valence-corrected chi connectivity index (χ3v) is 1.81. The first kappa shape index (κ1) is 9.92. The Bertz CT molecular complexity index is 102. The van der Waals surface area contributed by atoms with E-state index in [0.29, 0.717) is 13.2 Å². The summed E-state index contributed by atoms with van der Waals surface area (Å²) in [6.45, 7) is 3.78. The molecule has 0 aromatic rings. The first-order valence-corrected chi connectivity index (χ1v) is 4.44. The van der Waals surface area contributed by atoms with Crippen molar-refractivity contribution in [3.63, 3.8) is 0 Å². The van der Waals surface area contributed by atoms with Crippen LogP contribution in [0.5, 0.6) is 0 Å². The lowest BCUT2D eigenvalue weighted by molar-refractivity contribution is -0.0178. The molecule has 1 fully saturated rings. The minimum Gasteiger partial charge on any atom is -0.394 e. The molecule has 0 bridgehead atoms. The van der Waals surface area contributed by atoms with Gasteiger partial charge in [0.2, 0.25) is 0 Å². The molecule has 4 nitrogen and oxygen atoms in total. The van der Waals surface area contributed by atoms with E-state index in [4.69, 9.17) is 14.6 Å². The van der Waals surface area contributed by atoms with E-state index in [1.165, 1.54) is 0 Å². The predicted molar refractivity (Wildman–Crippen MR) is 45.1 cm³/mol. The molecule has 0 radical (unpaired) electrons. The van der Waals surface area contributed by atoms with Crippen molar-refractivity contribution in [2.24, 2.45) is 0 Å². The van der Waals surface area contributed by atoms with Crippen LogP contribution in [-0.4, -0.2) is 50.7 Å². The third-order valence-electron chi connectivity index (χ3n) is 1.81. The van der Waals surface area contributed by atoms with Gasteiger partial charge in [0.25, 0.3) is 0 Å². The highest BCUT2D eigenvalue weighted by Crippen LogP contribution is 2.01. The van der Waals surface area contributed by atoms with Crippen LogP contribution in [0.3, 0.4) is 0 Å². The van der Waals surface area contributed by atoms with E-state index in [9.17, 15) is 0 Å². The van der Waals surface area contributed by atoms with Gasteiger partial charge in [-0.3, -0.25) is 0 Å². The Hall–Kier alpha value is -0.160. The van der Waals surface area contributed by atoms with Crippen LogP contribution < -0.4 is 5.32 Å². The minimum absolute atomic E-state index is 0.0883. The lowest BCUT2D eigenvalue weighted by Crippen LogP contribution is -2.21. The summed E-state index contributed by atoms with van der Waals surface area (Å²) in [5.41, 5.74) is 0. The molecule has 1 rings (SSSR count). The SMILES string of the molecule is OCCOCC1CCNCCO1. The van der Waals surface area contributed by atoms with E-state index in [0.717, 1.165) is 26.1 Å². The van der Waals surface area contributed by atoms with Gasteiger partial charge < -0.3 is 19.9 Å². The van der Waals surface area contributed by atoms with Gasteiger partial charge in [-0.2, -0.15) is 0 Å². The first-order valence-electron chi connectivity index (χ1n) is 4.44. The van der Waals surface area contributed by atoms with Crippen LogP contribution in [0.1, 0.15) is 6.42 Å². The fourth-order valence-electron chi connectivity index (χ4n) is 1.18. The fraction of sp³-hybridized carbons (Fsp3) is 1.00. The normalized spacial score (nSPS) is 25.2. The van der Waals surface area contributed by atoms with Gasteiger partial charge in [-0.05, 0) is 13.0 Å². The van der Waals surface area contributed by atoms with Gasteiger partial charge in [0.15, 0.2) is 0 Å². The molecule has 1 atom stereocenters. The van der Waals surface area contributed by atoms with Crippen LogP contribution in [0.25, 0.3) is 0 Å². The van der Waals surface area contributed by atoms with E-state index in [1.807, 2.05) is 0 Å². The predicted octanol–water partition coefficient (Wildman–Crippen LogP) is -0.626. The van der Waals surface area contributed by atoms with Gasteiger partial charge in [-0.1, -0.05) is 0 Å². The second-order valence-electron chi connectivity index (χ2n) is 2.83. The van der Waals surface area contributed by atoms with Crippen LogP contribution in [0.4, 0.5) is 0 Å². The molecular weight excluding hydrogens is 158 g/mol. The summed E-state index contributed by atoms with van der Waals surface area (Å²) >= 11 is 0. The first-order chi connectivity index (χ1) is 5.93. The Morgan fingerprint density at radius 3 is 3.25 bits per heavy atom. The number of hydrogen-bond acceptors (Lipinski definition) is 4. The van der Waals surface area contributed by atoms with Gasteiger partial charge >= 0.3 is 0 Å². The average Bonchev–Trinajstić information content (AvgIpc) is 2.33. The molecule has 1 aliphatic heterocycles. The molecule has 1 aliphatic rings. The zero-order valence-corrected chi connectivity index (χ0v) is 7.29. The molecule has 0 saturated carbocycles. The van der Waals surface area contributed by atoms with Crippen molar-refractivity contribution in [1.82, 2.24) is 5.32 Å². The number of nitrogens with one attached hydrogen (secondary N) is 1. The van der Waals surface area contributed by atoms with Crippen molar-refractivity contribution in [2.45, 2.75) is 12.5 Å². The molecule has 0 aliphatic carbocycles. The fourth-order valence-corrected chi connectivity index (χ4v) is 1.18. The van der Waals surface area contributed by atoms with Crippen molar-refractivity contribution in [3.05, 3.63) is 0 Å². The molecule has 12 heavy (non-hydrogen) atoms. The highest BCUT2D eigenvalue weighted by Gasteiger charge is 2.11. The molecule has 1 heterocycles. The van der Waals surface area contributed by atoms with E-state index in [-0.39, 0.29) is 12.7 Å². The molecule has 0 aromatic carbocycles. The topological polar surface area (TPSA) is 50.7 Å². The van der Waals surface area contributed by atoms with Crippen LogP contribution >= 0.6 is 0 Å². The van der Waals surface area contributed by atoms with Gasteiger partial charge in [0.05, 0.1) is 32.5 Å². The second-order valence-corrected chi connectivity index (χ2v) is 2.83. The maximum Gasteiger partial charge on any atom is 0.0821 e. The molecule has 72 valence electrons. The maximum atomic E-state index is 8.47. The smallest absolute Gasteiger partial charge is 0.0821 e. The van der Waals surface area contributed by atoms with Crippen LogP contribution in [0, 0.1) is 0 Å². The zero-order valence-electron chi connectivity index (χ0n) is 7.29. The molecule has 1 saturated heterocycles. The standard InChI is InChI=1S/C8H17NO3/c10-4-6-11-7-8-1-2-9-3-5-12-8/h8-10H,1-7H2. The van der Waals surface area contributed by atoms with Gasteiger partial charge in [-0.15, -0.1) is 0 Å². The monoisotopic (exact) mass is 175 g/mol. The van der Waals surface area contributed by atoms with Crippen LogP contribution in [0.2, 0.25) is 0 Å². The van der Waals surface area contributed by atoms with Crippen LogP contribution in [-0.2, 0) is 9.47 Å². The van der Waals surface area contributed by atoms with Crippen molar-refractivity contribution in [1.29, 1.82) is 0 Å². The highest BCUT2D eigenvalue weighted by atomic mass is 16.5. The zero-order chi connectivity index (χ0) is 8.65. The lowest BCUT2D eigenvalue weighted by Gasteiger charge is -2.13. The highest BCUT2D eigenvalue weighted by molar-refractivity contribution is 4.63. The third kappa shape index (κ3) is 4.01. The van der Waals surface area contributed by atoms with Crippen molar-refractivity contribution >= 4 is 0 Å².